The van der Waals surface area contributed by atoms with Crippen LogP contribution < -0.4 is 11.1 Å². The van der Waals surface area contributed by atoms with Crippen molar-refractivity contribution in [2.45, 2.75) is 46.3 Å². The van der Waals surface area contributed by atoms with Crippen LogP contribution in [0, 0.1) is 5.92 Å². The number of nitrogen functional groups attached to an aromatic ring is 1. The summed E-state index contributed by atoms with van der Waals surface area (Å²) in [5, 5.41) is 3.52. The number of aromatic nitrogens is 1. The molecule has 108 valence electrons. The fourth-order valence-electron chi connectivity index (χ4n) is 2.38. The molecule has 0 amide bonds. The van der Waals surface area contributed by atoms with Crippen LogP contribution in [0.5, 0.6) is 0 Å². The van der Waals surface area contributed by atoms with Crippen LogP contribution in [0.2, 0.25) is 0 Å². The molecular weight excluding hydrogens is 238 g/mol. The Kier molecular flexibility index (Phi) is 6.81. The molecular formula is C15H27N3O. The second-order valence-corrected chi connectivity index (χ2v) is 5.11. The van der Waals surface area contributed by atoms with Crippen LogP contribution in [0.1, 0.15) is 33.3 Å². The SMILES string of the molecule is CCNC(Cc1cnccc1N)C(OCC)C(C)C. The quantitative estimate of drug-likeness (QED) is 0.757. The molecule has 2 unspecified atom stereocenters. The minimum absolute atomic E-state index is 0.185. The number of nitrogens with two attached hydrogens (primary N) is 1. The number of hydrogen-bond donors (Lipinski definition) is 2. The molecule has 0 saturated carbocycles. The summed E-state index contributed by atoms with van der Waals surface area (Å²) in [7, 11) is 0. The van der Waals surface area contributed by atoms with Crippen LogP contribution in [0.3, 0.4) is 0 Å². The summed E-state index contributed by atoms with van der Waals surface area (Å²) in [6.45, 7) is 10.2. The number of nitrogens with one attached hydrogen (secondary N) is 1. The molecule has 0 saturated heterocycles. The Morgan fingerprint density at radius 3 is 2.63 bits per heavy atom. The van der Waals surface area contributed by atoms with Gasteiger partial charge in [0, 0.05) is 30.7 Å². The summed E-state index contributed by atoms with van der Waals surface area (Å²) in [6, 6.07) is 2.11. The molecule has 1 aromatic rings. The molecule has 0 aliphatic carbocycles. The molecule has 0 radical (unpaired) electrons. The summed E-state index contributed by atoms with van der Waals surface area (Å²) in [5.41, 5.74) is 7.89. The first-order valence-electron chi connectivity index (χ1n) is 7.13. The van der Waals surface area contributed by atoms with Crippen molar-refractivity contribution in [3.63, 3.8) is 0 Å². The standard InChI is InChI=1S/C15H27N3O/c1-5-18-14(15(11(3)4)19-6-2)9-12-10-17-8-7-13(12)16/h7-8,10-11,14-15,18H,5-6,9H2,1-4H3,(H2,16,17). The number of pyridine rings is 1. The van der Waals surface area contributed by atoms with E-state index in [2.05, 4.69) is 31.1 Å². The largest absolute Gasteiger partial charge is 0.398 e. The van der Waals surface area contributed by atoms with Crippen LogP contribution in [0.4, 0.5) is 5.69 Å². The fourth-order valence-corrected chi connectivity index (χ4v) is 2.38. The average molecular weight is 265 g/mol. The van der Waals surface area contributed by atoms with Crippen molar-refractivity contribution in [3.8, 4) is 0 Å². The predicted octanol–water partition coefficient (Wildman–Crippen LogP) is 2.25. The zero-order valence-electron chi connectivity index (χ0n) is 12.5. The van der Waals surface area contributed by atoms with Crippen molar-refractivity contribution in [1.82, 2.24) is 10.3 Å². The molecule has 1 heterocycles. The average Bonchev–Trinajstić information content (AvgIpc) is 2.37. The topological polar surface area (TPSA) is 60.2 Å². The van der Waals surface area contributed by atoms with Gasteiger partial charge in [-0.15, -0.1) is 0 Å². The first-order chi connectivity index (χ1) is 9.10. The minimum atomic E-state index is 0.185. The van der Waals surface area contributed by atoms with Crippen LogP contribution in [-0.4, -0.2) is 30.3 Å². The Hall–Kier alpha value is -1.13. The first kappa shape index (κ1) is 15.9. The number of anilines is 1. The van der Waals surface area contributed by atoms with E-state index in [0.717, 1.165) is 30.8 Å². The second-order valence-electron chi connectivity index (χ2n) is 5.11. The zero-order valence-corrected chi connectivity index (χ0v) is 12.5. The van der Waals surface area contributed by atoms with Crippen LogP contribution in [0.25, 0.3) is 0 Å². The normalized spacial score (nSPS) is 14.6. The van der Waals surface area contributed by atoms with Crippen molar-refractivity contribution in [1.29, 1.82) is 0 Å². The van der Waals surface area contributed by atoms with Gasteiger partial charge in [0.1, 0.15) is 0 Å². The van der Waals surface area contributed by atoms with Gasteiger partial charge in [-0.05, 0) is 37.4 Å². The third kappa shape index (κ3) is 4.80. The maximum absolute atomic E-state index is 6.01. The molecule has 4 nitrogen and oxygen atoms in total. The molecule has 0 spiro atoms. The summed E-state index contributed by atoms with van der Waals surface area (Å²) in [6.07, 6.45) is 4.60. The third-order valence-electron chi connectivity index (χ3n) is 3.26. The molecule has 4 heteroatoms. The van der Waals surface area contributed by atoms with Crippen LogP contribution >= 0.6 is 0 Å². The lowest BCUT2D eigenvalue weighted by molar-refractivity contribution is 0.00398. The van der Waals surface area contributed by atoms with Gasteiger partial charge in [0.05, 0.1) is 6.10 Å². The Morgan fingerprint density at radius 2 is 2.11 bits per heavy atom. The highest BCUT2D eigenvalue weighted by atomic mass is 16.5. The first-order valence-corrected chi connectivity index (χ1v) is 7.13. The number of likely N-dealkylation sites (N-methyl/N-ethyl adjacent to an activating group) is 1. The van der Waals surface area contributed by atoms with Gasteiger partial charge < -0.3 is 15.8 Å². The van der Waals surface area contributed by atoms with E-state index in [1.54, 1.807) is 6.20 Å². The van der Waals surface area contributed by atoms with Gasteiger partial charge in [-0.25, -0.2) is 0 Å². The van der Waals surface area contributed by atoms with Gasteiger partial charge in [0.15, 0.2) is 0 Å². The highest BCUT2D eigenvalue weighted by molar-refractivity contribution is 5.44. The van der Waals surface area contributed by atoms with E-state index in [4.69, 9.17) is 10.5 Å². The lowest BCUT2D eigenvalue weighted by Crippen LogP contribution is -2.45. The molecule has 0 bridgehead atoms. The molecule has 0 fully saturated rings. The lowest BCUT2D eigenvalue weighted by atomic mass is 9.93. The maximum Gasteiger partial charge on any atom is 0.0753 e. The smallest absolute Gasteiger partial charge is 0.0753 e. The van der Waals surface area contributed by atoms with Gasteiger partial charge in [-0.1, -0.05) is 20.8 Å². The Morgan fingerprint density at radius 1 is 1.37 bits per heavy atom. The summed E-state index contributed by atoms with van der Waals surface area (Å²) in [5.74, 6) is 0.460. The van der Waals surface area contributed by atoms with E-state index in [-0.39, 0.29) is 12.1 Å². The summed E-state index contributed by atoms with van der Waals surface area (Å²) < 4.78 is 5.91. The Bertz CT molecular complexity index is 368. The van der Waals surface area contributed by atoms with Gasteiger partial charge >= 0.3 is 0 Å². The molecule has 3 N–H and O–H groups in total. The molecule has 0 aromatic carbocycles. The molecule has 0 aliphatic rings. The van der Waals surface area contributed by atoms with Gasteiger partial charge in [-0.3, -0.25) is 4.98 Å². The molecule has 2 atom stereocenters. The van der Waals surface area contributed by atoms with Gasteiger partial charge in [-0.2, -0.15) is 0 Å². The second kappa shape index (κ2) is 8.12. The molecule has 1 rings (SSSR count). The number of ether oxygens (including phenoxy) is 1. The van der Waals surface area contributed by atoms with Crippen LogP contribution in [-0.2, 0) is 11.2 Å². The third-order valence-corrected chi connectivity index (χ3v) is 3.26. The lowest BCUT2D eigenvalue weighted by Gasteiger charge is -2.31. The number of rotatable bonds is 8. The van der Waals surface area contributed by atoms with Crippen molar-refractivity contribution in [2.75, 3.05) is 18.9 Å². The van der Waals surface area contributed by atoms with Gasteiger partial charge in [0.25, 0.3) is 0 Å². The van der Waals surface area contributed by atoms with E-state index in [0.29, 0.717) is 5.92 Å². The van der Waals surface area contributed by atoms with E-state index in [1.807, 2.05) is 19.2 Å². The summed E-state index contributed by atoms with van der Waals surface area (Å²) in [4.78, 5) is 4.16. The molecule has 0 aliphatic heterocycles. The molecule has 19 heavy (non-hydrogen) atoms. The van der Waals surface area contributed by atoms with E-state index < -0.39 is 0 Å². The highest BCUT2D eigenvalue weighted by Gasteiger charge is 2.25. The predicted molar refractivity (Wildman–Crippen MR) is 80.1 cm³/mol. The Labute approximate surface area is 116 Å². The number of nitrogens with zero attached hydrogens (tertiary/aromatic N) is 1. The van der Waals surface area contributed by atoms with Crippen LogP contribution in [0.15, 0.2) is 18.5 Å². The van der Waals surface area contributed by atoms with Crippen molar-refractivity contribution >= 4 is 5.69 Å². The van der Waals surface area contributed by atoms with Crippen molar-refractivity contribution in [2.24, 2.45) is 5.92 Å². The zero-order chi connectivity index (χ0) is 14.3. The van der Waals surface area contributed by atoms with Gasteiger partial charge in [0.2, 0.25) is 0 Å². The highest BCUT2D eigenvalue weighted by Crippen LogP contribution is 2.18. The van der Waals surface area contributed by atoms with E-state index in [9.17, 15) is 0 Å². The van der Waals surface area contributed by atoms with Crippen molar-refractivity contribution in [3.05, 3.63) is 24.0 Å². The fraction of sp³-hybridized carbons (Fsp3) is 0.667. The van der Waals surface area contributed by atoms with E-state index >= 15 is 0 Å². The Balaban J connectivity index is 2.84. The van der Waals surface area contributed by atoms with E-state index in [1.165, 1.54) is 0 Å². The summed E-state index contributed by atoms with van der Waals surface area (Å²) >= 11 is 0. The minimum Gasteiger partial charge on any atom is -0.398 e. The van der Waals surface area contributed by atoms with Crippen molar-refractivity contribution < 1.29 is 4.74 Å². The molecule has 1 aromatic heterocycles. The maximum atomic E-state index is 6.01. The monoisotopic (exact) mass is 265 g/mol. The number of hydrogen-bond acceptors (Lipinski definition) is 4.